The molecule has 2 rings (SSSR count). The summed E-state index contributed by atoms with van der Waals surface area (Å²) in [6, 6.07) is 6.36. The lowest BCUT2D eigenvalue weighted by Gasteiger charge is -2.19. The van der Waals surface area contributed by atoms with Gasteiger partial charge in [0.05, 0.1) is 0 Å². The predicted octanol–water partition coefficient (Wildman–Crippen LogP) is 3.12. The van der Waals surface area contributed by atoms with Crippen LogP contribution >= 0.6 is 0 Å². The highest BCUT2D eigenvalue weighted by molar-refractivity contribution is 5.22. The third kappa shape index (κ3) is 6.02. The van der Waals surface area contributed by atoms with E-state index in [0.717, 1.165) is 5.92 Å². The summed E-state index contributed by atoms with van der Waals surface area (Å²) in [6.07, 6.45) is 5.67. The summed E-state index contributed by atoms with van der Waals surface area (Å²) in [5.41, 5.74) is 0. The fourth-order valence-electron chi connectivity index (χ4n) is 2.78. The van der Waals surface area contributed by atoms with E-state index in [1.165, 1.54) is 44.2 Å². The van der Waals surface area contributed by atoms with Gasteiger partial charge in [-0.1, -0.05) is 19.8 Å². The minimum Gasteiger partial charge on any atom is -0.491 e. The van der Waals surface area contributed by atoms with E-state index in [2.05, 4.69) is 12.2 Å². The van der Waals surface area contributed by atoms with Crippen molar-refractivity contribution in [2.24, 2.45) is 5.92 Å². The largest absolute Gasteiger partial charge is 0.491 e. The van der Waals surface area contributed by atoms with Crippen LogP contribution in [-0.4, -0.2) is 30.4 Å². The third-order valence-electron chi connectivity index (χ3n) is 4.16. The van der Waals surface area contributed by atoms with E-state index >= 15 is 0 Å². The summed E-state index contributed by atoms with van der Waals surface area (Å²) in [4.78, 5) is 0. The first kappa shape index (κ1) is 16.2. The summed E-state index contributed by atoms with van der Waals surface area (Å²) >= 11 is 0. The molecular formula is C17H26FNO2. The zero-order chi connectivity index (χ0) is 15.1. The SMILES string of the molecule is CC1CCCC(NCC(O)COc2ccc(F)cc2)CC1. The Balaban J connectivity index is 1.65. The highest BCUT2D eigenvalue weighted by Crippen LogP contribution is 2.22. The van der Waals surface area contributed by atoms with Gasteiger partial charge < -0.3 is 15.2 Å². The normalized spacial score (nSPS) is 24.3. The molecule has 0 aliphatic heterocycles. The quantitative estimate of drug-likeness (QED) is 0.792. The second-order valence-electron chi connectivity index (χ2n) is 6.14. The number of hydrogen-bond donors (Lipinski definition) is 2. The van der Waals surface area contributed by atoms with Crippen LogP contribution in [-0.2, 0) is 0 Å². The first-order chi connectivity index (χ1) is 10.1. The molecule has 0 radical (unpaired) electrons. The maximum atomic E-state index is 12.8. The molecule has 0 aromatic heterocycles. The Hall–Kier alpha value is -1.13. The number of hydrogen-bond acceptors (Lipinski definition) is 3. The van der Waals surface area contributed by atoms with Crippen LogP contribution in [0.1, 0.15) is 39.0 Å². The van der Waals surface area contributed by atoms with Crippen LogP contribution in [0.2, 0.25) is 0 Å². The van der Waals surface area contributed by atoms with Gasteiger partial charge in [0.15, 0.2) is 0 Å². The average molecular weight is 295 g/mol. The van der Waals surface area contributed by atoms with Crippen molar-refractivity contribution in [2.45, 2.75) is 51.2 Å². The minimum absolute atomic E-state index is 0.224. The molecule has 0 bridgehead atoms. The van der Waals surface area contributed by atoms with E-state index in [9.17, 15) is 9.50 Å². The maximum Gasteiger partial charge on any atom is 0.123 e. The van der Waals surface area contributed by atoms with Crippen LogP contribution in [0.25, 0.3) is 0 Å². The Morgan fingerprint density at radius 2 is 2.00 bits per heavy atom. The molecule has 3 atom stereocenters. The van der Waals surface area contributed by atoms with Crippen molar-refractivity contribution < 1.29 is 14.2 Å². The van der Waals surface area contributed by atoms with Crippen molar-refractivity contribution in [2.75, 3.05) is 13.2 Å². The van der Waals surface area contributed by atoms with Crippen LogP contribution in [0, 0.1) is 11.7 Å². The van der Waals surface area contributed by atoms with Crippen LogP contribution < -0.4 is 10.1 Å². The number of rotatable bonds is 6. The van der Waals surface area contributed by atoms with Gasteiger partial charge in [-0.3, -0.25) is 0 Å². The van der Waals surface area contributed by atoms with Gasteiger partial charge in [-0.05, 0) is 49.4 Å². The number of benzene rings is 1. The van der Waals surface area contributed by atoms with E-state index in [0.29, 0.717) is 18.3 Å². The van der Waals surface area contributed by atoms with Crippen LogP contribution in [0.4, 0.5) is 4.39 Å². The number of ether oxygens (including phenoxy) is 1. The zero-order valence-electron chi connectivity index (χ0n) is 12.7. The Morgan fingerprint density at radius 1 is 1.24 bits per heavy atom. The molecule has 3 unspecified atom stereocenters. The molecule has 2 N–H and O–H groups in total. The van der Waals surface area contributed by atoms with Crippen LogP contribution in [0.15, 0.2) is 24.3 Å². The molecular weight excluding hydrogens is 269 g/mol. The Morgan fingerprint density at radius 3 is 2.76 bits per heavy atom. The highest BCUT2D eigenvalue weighted by atomic mass is 19.1. The molecule has 1 saturated carbocycles. The second-order valence-corrected chi connectivity index (χ2v) is 6.14. The minimum atomic E-state index is -0.546. The lowest BCUT2D eigenvalue weighted by atomic mass is 10.0. The first-order valence-corrected chi connectivity index (χ1v) is 7.93. The van der Waals surface area contributed by atoms with Crippen molar-refractivity contribution in [3.63, 3.8) is 0 Å². The fraction of sp³-hybridized carbons (Fsp3) is 0.647. The van der Waals surface area contributed by atoms with Gasteiger partial charge in [0.2, 0.25) is 0 Å². The lowest BCUT2D eigenvalue weighted by Crippen LogP contribution is -2.37. The molecule has 118 valence electrons. The van der Waals surface area contributed by atoms with Crippen molar-refractivity contribution in [1.29, 1.82) is 0 Å². The first-order valence-electron chi connectivity index (χ1n) is 7.93. The second kappa shape index (κ2) is 8.35. The van der Waals surface area contributed by atoms with Crippen LogP contribution in [0.3, 0.4) is 0 Å². The maximum absolute atomic E-state index is 12.8. The van der Waals surface area contributed by atoms with Gasteiger partial charge in [0, 0.05) is 12.6 Å². The van der Waals surface area contributed by atoms with Gasteiger partial charge in [0.25, 0.3) is 0 Å². The Kier molecular flexibility index (Phi) is 6.46. The molecule has 0 spiro atoms. The van der Waals surface area contributed by atoms with Gasteiger partial charge in [-0.25, -0.2) is 4.39 Å². The molecule has 4 heteroatoms. The number of aliphatic hydroxyl groups excluding tert-OH is 1. The van der Waals surface area contributed by atoms with E-state index < -0.39 is 6.10 Å². The van der Waals surface area contributed by atoms with Crippen molar-refractivity contribution >= 4 is 0 Å². The van der Waals surface area contributed by atoms with E-state index in [1.807, 2.05) is 0 Å². The summed E-state index contributed by atoms with van der Waals surface area (Å²) in [6.45, 7) is 3.08. The van der Waals surface area contributed by atoms with Gasteiger partial charge >= 0.3 is 0 Å². The molecule has 0 amide bonds. The Labute approximate surface area is 126 Å². The van der Waals surface area contributed by atoms with E-state index in [-0.39, 0.29) is 12.4 Å². The standard InChI is InChI=1S/C17H26FNO2/c1-13-3-2-4-15(8-5-13)19-11-16(20)12-21-17-9-6-14(18)7-10-17/h6-7,9-10,13,15-16,19-20H,2-5,8,11-12H2,1H3. The topological polar surface area (TPSA) is 41.5 Å². The zero-order valence-corrected chi connectivity index (χ0v) is 12.7. The molecule has 1 aromatic carbocycles. The van der Waals surface area contributed by atoms with Crippen molar-refractivity contribution in [1.82, 2.24) is 5.32 Å². The summed E-state index contributed by atoms with van der Waals surface area (Å²) in [7, 11) is 0. The van der Waals surface area contributed by atoms with Crippen LogP contribution in [0.5, 0.6) is 5.75 Å². The molecule has 0 heterocycles. The van der Waals surface area contributed by atoms with Crippen molar-refractivity contribution in [3.8, 4) is 5.75 Å². The average Bonchev–Trinajstić information content (AvgIpc) is 2.69. The molecule has 1 aliphatic carbocycles. The van der Waals surface area contributed by atoms with E-state index in [1.54, 1.807) is 12.1 Å². The third-order valence-corrected chi connectivity index (χ3v) is 4.16. The molecule has 0 saturated heterocycles. The Bertz CT molecular complexity index is 410. The van der Waals surface area contributed by atoms with Gasteiger partial charge in [0.1, 0.15) is 24.3 Å². The molecule has 3 nitrogen and oxygen atoms in total. The smallest absolute Gasteiger partial charge is 0.123 e. The molecule has 1 aromatic rings. The summed E-state index contributed by atoms with van der Waals surface area (Å²) in [5, 5.41) is 13.4. The summed E-state index contributed by atoms with van der Waals surface area (Å²) in [5.74, 6) is 1.12. The molecule has 21 heavy (non-hydrogen) atoms. The highest BCUT2D eigenvalue weighted by Gasteiger charge is 2.16. The monoisotopic (exact) mass is 295 g/mol. The predicted molar refractivity (Wildman–Crippen MR) is 81.9 cm³/mol. The van der Waals surface area contributed by atoms with Crippen molar-refractivity contribution in [3.05, 3.63) is 30.1 Å². The number of halogens is 1. The van der Waals surface area contributed by atoms with Gasteiger partial charge in [-0.15, -0.1) is 0 Å². The summed E-state index contributed by atoms with van der Waals surface area (Å²) < 4.78 is 18.2. The van der Waals surface area contributed by atoms with Gasteiger partial charge in [-0.2, -0.15) is 0 Å². The number of aliphatic hydroxyl groups is 1. The molecule has 1 aliphatic rings. The molecule has 1 fully saturated rings. The van der Waals surface area contributed by atoms with E-state index in [4.69, 9.17) is 4.74 Å². The fourth-order valence-corrected chi connectivity index (χ4v) is 2.78. The lowest BCUT2D eigenvalue weighted by molar-refractivity contribution is 0.103. The number of nitrogens with one attached hydrogen (secondary N) is 1.